The van der Waals surface area contributed by atoms with E-state index in [0.717, 1.165) is 11.1 Å². The molecule has 0 aliphatic heterocycles. The summed E-state index contributed by atoms with van der Waals surface area (Å²) in [5.74, 6) is 0.743. The maximum absolute atomic E-state index is 11.0. The SMILES string of the molecule is Cc1cccc(Oc2cccc(N)c2[N+](=O)[O-])c1C. The van der Waals surface area contributed by atoms with Gasteiger partial charge >= 0.3 is 5.69 Å². The summed E-state index contributed by atoms with van der Waals surface area (Å²) >= 11 is 0. The molecule has 0 unspecified atom stereocenters. The molecule has 2 rings (SSSR count). The number of hydrogen-bond donors (Lipinski definition) is 1. The third kappa shape index (κ3) is 2.49. The molecule has 2 N–H and O–H groups in total. The summed E-state index contributed by atoms with van der Waals surface area (Å²) in [5, 5.41) is 11.0. The number of ether oxygens (including phenoxy) is 1. The Bertz CT molecular complexity index is 639. The molecule has 5 nitrogen and oxygen atoms in total. The maximum atomic E-state index is 11.0. The van der Waals surface area contributed by atoms with Gasteiger partial charge in [0.25, 0.3) is 0 Å². The summed E-state index contributed by atoms with van der Waals surface area (Å²) in [4.78, 5) is 10.5. The van der Waals surface area contributed by atoms with Crippen molar-refractivity contribution in [2.45, 2.75) is 13.8 Å². The van der Waals surface area contributed by atoms with Gasteiger partial charge in [0, 0.05) is 0 Å². The van der Waals surface area contributed by atoms with Crippen molar-refractivity contribution in [1.82, 2.24) is 0 Å². The van der Waals surface area contributed by atoms with Crippen molar-refractivity contribution in [3.63, 3.8) is 0 Å². The summed E-state index contributed by atoms with van der Waals surface area (Å²) in [6, 6.07) is 10.2. The molecule has 0 spiro atoms. The average Bonchev–Trinajstić information content (AvgIpc) is 2.34. The lowest BCUT2D eigenvalue weighted by Gasteiger charge is -2.11. The topological polar surface area (TPSA) is 78.4 Å². The Balaban J connectivity index is 2.47. The van der Waals surface area contributed by atoms with E-state index in [1.165, 1.54) is 12.1 Å². The Kier molecular flexibility index (Phi) is 3.37. The van der Waals surface area contributed by atoms with E-state index in [2.05, 4.69) is 0 Å². The van der Waals surface area contributed by atoms with Crippen LogP contribution in [0.1, 0.15) is 11.1 Å². The van der Waals surface area contributed by atoms with Crippen LogP contribution in [0.15, 0.2) is 36.4 Å². The first-order valence-corrected chi connectivity index (χ1v) is 5.77. The van der Waals surface area contributed by atoms with E-state index >= 15 is 0 Å². The molecule has 5 heteroatoms. The number of nitrogens with two attached hydrogens (primary N) is 1. The number of nitro benzene ring substituents is 1. The van der Waals surface area contributed by atoms with Gasteiger partial charge in [0.15, 0.2) is 0 Å². The predicted molar refractivity (Wildman–Crippen MR) is 73.5 cm³/mol. The van der Waals surface area contributed by atoms with Gasteiger partial charge in [-0.1, -0.05) is 18.2 Å². The molecule has 0 bridgehead atoms. The molecule has 98 valence electrons. The monoisotopic (exact) mass is 258 g/mol. The molecule has 2 aromatic rings. The zero-order chi connectivity index (χ0) is 14.0. The standard InChI is InChI=1S/C14H14N2O3/c1-9-5-3-7-12(10(9)2)19-13-8-4-6-11(15)14(13)16(17)18/h3-8H,15H2,1-2H3. The minimum absolute atomic E-state index is 0.0906. The Morgan fingerprint density at radius 3 is 2.42 bits per heavy atom. The first-order chi connectivity index (χ1) is 9.00. The molecule has 0 heterocycles. The van der Waals surface area contributed by atoms with E-state index in [0.29, 0.717) is 5.75 Å². The molecule has 19 heavy (non-hydrogen) atoms. The third-order valence-electron chi connectivity index (χ3n) is 2.99. The number of nitrogens with zero attached hydrogens (tertiary/aromatic N) is 1. The molecule has 0 amide bonds. The van der Waals surface area contributed by atoms with Crippen molar-refractivity contribution >= 4 is 11.4 Å². The molecule has 0 aromatic heterocycles. The fraction of sp³-hybridized carbons (Fsp3) is 0.143. The maximum Gasteiger partial charge on any atom is 0.334 e. The van der Waals surface area contributed by atoms with Crippen LogP contribution in [0, 0.1) is 24.0 Å². The lowest BCUT2D eigenvalue weighted by molar-refractivity contribution is -0.384. The summed E-state index contributed by atoms with van der Waals surface area (Å²) in [6.45, 7) is 3.86. The van der Waals surface area contributed by atoms with E-state index in [9.17, 15) is 10.1 Å². The number of aryl methyl sites for hydroxylation is 1. The van der Waals surface area contributed by atoms with Gasteiger partial charge in [0.1, 0.15) is 11.4 Å². The van der Waals surface area contributed by atoms with Crippen LogP contribution in [0.3, 0.4) is 0 Å². The second-order valence-electron chi connectivity index (χ2n) is 4.25. The van der Waals surface area contributed by atoms with Crippen LogP contribution < -0.4 is 10.5 Å². The van der Waals surface area contributed by atoms with Crippen molar-refractivity contribution < 1.29 is 9.66 Å². The number of benzene rings is 2. The normalized spacial score (nSPS) is 10.2. The number of rotatable bonds is 3. The van der Waals surface area contributed by atoms with Gasteiger partial charge in [0.05, 0.1) is 4.92 Å². The van der Waals surface area contributed by atoms with Crippen LogP contribution >= 0.6 is 0 Å². The number of nitrogen functional groups attached to an aromatic ring is 1. The van der Waals surface area contributed by atoms with Crippen molar-refractivity contribution in [3.05, 3.63) is 57.6 Å². The molecule has 2 aromatic carbocycles. The molecule has 0 radical (unpaired) electrons. The van der Waals surface area contributed by atoms with Crippen molar-refractivity contribution in [2.24, 2.45) is 0 Å². The molecule has 0 fully saturated rings. The summed E-state index contributed by atoms with van der Waals surface area (Å²) < 4.78 is 5.64. The molecule has 0 saturated carbocycles. The first-order valence-electron chi connectivity index (χ1n) is 5.77. The zero-order valence-electron chi connectivity index (χ0n) is 10.7. The smallest absolute Gasteiger partial charge is 0.334 e. The highest BCUT2D eigenvalue weighted by atomic mass is 16.6. The van der Waals surface area contributed by atoms with E-state index < -0.39 is 4.92 Å². The highest BCUT2D eigenvalue weighted by Gasteiger charge is 2.20. The Morgan fingerprint density at radius 2 is 1.74 bits per heavy atom. The second kappa shape index (κ2) is 4.97. The fourth-order valence-corrected chi connectivity index (χ4v) is 1.77. The molecule has 0 aliphatic rings. The lowest BCUT2D eigenvalue weighted by atomic mass is 10.1. The molecule has 0 aliphatic carbocycles. The molecular weight excluding hydrogens is 244 g/mol. The quantitative estimate of drug-likeness (QED) is 0.518. The zero-order valence-corrected chi connectivity index (χ0v) is 10.7. The van der Waals surface area contributed by atoms with E-state index in [-0.39, 0.29) is 17.1 Å². The van der Waals surface area contributed by atoms with Crippen LogP contribution in [0.4, 0.5) is 11.4 Å². The van der Waals surface area contributed by atoms with E-state index in [4.69, 9.17) is 10.5 Å². The Hall–Kier alpha value is -2.56. The predicted octanol–water partition coefficient (Wildman–Crippen LogP) is 3.59. The number of para-hydroxylation sites is 1. The van der Waals surface area contributed by atoms with Crippen molar-refractivity contribution in [3.8, 4) is 11.5 Å². The van der Waals surface area contributed by atoms with Gasteiger partial charge in [-0.2, -0.15) is 0 Å². The van der Waals surface area contributed by atoms with Crippen molar-refractivity contribution in [1.29, 1.82) is 0 Å². The van der Waals surface area contributed by atoms with Gasteiger partial charge in [-0.25, -0.2) is 0 Å². The Labute approximate surface area is 110 Å². The average molecular weight is 258 g/mol. The molecule has 0 atom stereocenters. The Morgan fingerprint density at radius 1 is 1.11 bits per heavy atom. The highest BCUT2D eigenvalue weighted by molar-refractivity contribution is 5.66. The second-order valence-corrected chi connectivity index (χ2v) is 4.25. The van der Waals surface area contributed by atoms with E-state index in [1.54, 1.807) is 12.1 Å². The fourth-order valence-electron chi connectivity index (χ4n) is 1.77. The van der Waals surface area contributed by atoms with Gasteiger partial charge in [0.2, 0.25) is 5.75 Å². The number of nitro groups is 1. The van der Waals surface area contributed by atoms with Crippen LogP contribution in [-0.2, 0) is 0 Å². The summed E-state index contributed by atoms with van der Waals surface area (Å²) in [7, 11) is 0. The van der Waals surface area contributed by atoms with Gasteiger partial charge in [-0.3, -0.25) is 10.1 Å². The van der Waals surface area contributed by atoms with Crippen LogP contribution in [0.5, 0.6) is 11.5 Å². The lowest BCUT2D eigenvalue weighted by Crippen LogP contribution is -1.99. The largest absolute Gasteiger partial charge is 0.450 e. The number of anilines is 1. The number of hydrogen-bond acceptors (Lipinski definition) is 4. The summed E-state index contributed by atoms with van der Waals surface area (Å²) in [6.07, 6.45) is 0. The highest BCUT2D eigenvalue weighted by Crippen LogP contribution is 2.37. The van der Waals surface area contributed by atoms with E-state index in [1.807, 2.05) is 26.0 Å². The molecular formula is C14H14N2O3. The van der Waals surface area contributed by atoms with Crippen LogP contribution in [0.2, 0.25) is 0 Å². The van der Waals surface area contributed by atoms with Crippen molar-refractivity contribution in [2.75, 3.05) is 5.73 Å². The summed E-state index contributed by atoms with van der Waals surface area (Å²) in [5.41, 5.74) is 7.51. The minimum Gasteiger partial charge on any atom is -0.450 e. The van der Waals surface area contributed by atoms with Gasteiger partial charge in [-0.15, -0.1) is 0 Å². The van der Waals surface area contributed by atoms with Crippen LogP contribution in [-0.4, -0.2) is 4.92 Å². The van der Waals surface area contributed by atoms with Gasteiger partial charge < -0.3 is 10.5 Å². The minimum atomic E-state index is -0.532. The first kappa shape index (κ1) is 12.9. The third-order valence-corrected chi connectivity index (χ3v) is 2.99. The van der Waals surface area contributed by atoms with Gasteiger partial charge in [-0.05, 0) is 43.2 Å². The van der Waals surface area contributed by atoms with Crippen LogP contribution in [0.25, 0.3) is 0 Å². The molecule has 0 saturated heterocycles.